The van der Waals surface area contributed by atoms with Gasteiger partial charge in [0.25, 0.3) is 11.5 Å². The molecule has 5 heterocycles. The molecule has 11 nitrogen and oxygen atoms in total. The monoisotopic (exact) mass is 562 g/mol. The summed E-state index contributed by atoms with van der Waals surface area (Å²) in [6, 6.07) is 10.2. The second-order valence-corrected chi connectivity index (χ2v) is 10.4. The van der Waals surface area contributed by atoms with E-state index >= 15 is 0 Å². The zero-order valence-electron chi connectivity index (χ0n) is 19.2. The highest BCUT2D eigenvalue weighted by Crippen LogP contribution is 2.27. The first kappa shape index (κ1) is 25.2. The van der Waals surface area contributed by atoms with Crippen LogP contribution in [-0.2, 0) is 13.1 Å². The third-order valence-electron chi connectivity index (χ3n) is 5.37. The van der Waals surface area contributed by atoms with Gasteiger partial charge in [-0.2, -0.15) is 15.0 Å². The Morgan fingerprint density at radius 1 is 1.16 bits per heavy atom. The standard InChI is InChI=1S/C24H15ClN8O3S2/c25-21-2-1-15(37-21)11-29-22-7-18(31-33(22)24(36)20-3-5-30-38-20)16-4-6-32(23(35)17(16)8-26)12-19(34)14-9-27-13-28-10-14/h1-7,9-10,13,29H,11-12H2. The van der Waals surface area contributed by atoms with Crippen molar-refractivity contribution < 1.29 is 9.59 Å². The molecule has 188 valence electrons. The molecule has 0 aliphatic rings. The second kappa shape index (κ2) is 10.9. The van der Waals surface area contributed by atoms with Crippen LogP contribution in [0.15, 0.2) is 66.2 Å². The number of anilines is 1. The van der Waals surface area contributed by atoms with Gasteiger partial charge in [0.05, 0.1) is 28.7 Å². The molecule has 5 aromatic heterocycles. The predicted molar refractivity (Wildman–Crippen MR) is 141 cm³/mol. The van der Waals surface area contributed by atoms with Crippen LogP contribution in [0, 0.1) is 11.3 Å². The maximum Gasteiger partial charge on any atom is 0.291 e. The van der Waals surface area contributed by atoms with E-state index in [2.05, 4.69) is 24.8 Å². The molecule has 0 atom stereocenters. The number of hydrogen-bond donors (Lipinski definition) is 1. The molecule has 0 unspecified atom stereocenters. The van der Waals surface area contributed by atoms with Crippen LogP contribution < -0.4 is 10.9 Å². The molecule has 0 amide bonds. The van der Waals surface area contributed by atoms with Crippen LogP contribution in [0.1, 0.15) is 30.5 Å². The van der Waals surface area contributed by atoms with Crippen LogP contribution in [-0.4, -0.2) is 40.4 Å². The molecule has 0 bridgehead atoms. The molecule has 5 rings (SSSR count). The van der Waals surface area contributed by atoms with Crippen molar-refractivity contribution in [2.45, 2.75) is 13.1 Å². The van der Waals surface area contributed by atoms with Crippen LogP contribution in [0.5, 0.6) is 0 Å². The molecule has 38 heavy (non-hydrogen) atoms. The minimum atomic E-state index is -0.665. The van der Waals surface area contributed by atoms with Crippen molar-refractivity contribution >= 4 is 52.0 Å². The fraction of sp³-hybridized carbons (Fsp3) is 0.0833. The first-order valence-corrected chi connectivity index (χ1v) is 12.9. The van der Waals surface area contributed by atoms with E-state index < -0.39 is 11.5 Å². The average molecular weight is 563 g/mol. The Bertz CT molecular complexity index is 1740. The van der Waals surface area contributed by atoms with Crippen molar-refractivity contribution in [3.63, 3.8) is 0 Å². The lowest BCUT2D eigenvalue weighted by Crippen LogP contribution is -2.26. The third-order valence-corrected chi connectivity index (χ3v) is 7.34. The second-order valence-electron chi connectivity index (χ2n) is 7.77. The number of halogens is 1. The van der Waals surface area contributed by atoms with E-state index in [4.69, 9.17) is 11.6 Å². The number of nitrogens with zero attached hydrogens (tertiary/aromatic N) is 7. The third kappa shape index (κ3) is 5.14. The zero-order valence-corrected chi connectivity index (χ0v) is 21.6. The number of pyridine rings is 1. The highest BCUT2D eigenvalue weighted by atomic mass is 35.5. The van der Waals surface area contributed by atoms with E-state index in [1.54, 1.807) is 18.2 Å². The van der Waals surface area contributed by atoms with Gasteiger partial charge in [-0.1, -0.05) is 11.6 Å². The quantitative estimate of drug-likeness (QED) is 0.279. The molecule has 14 heteroatoms. The Balaban J connectivity index is 1.50. The SMILES string of the molecule is N#Cc1c(-c2cc(NCc3ccc(Cl)s3)n(C(=O)c3ccns3)n2)ccn(CC(=O)c2cncnc2)c1=O. The topological polar surface area (TPSA) is 148 Å². The van der Waals surface area contributed by atoms with E-state index in [9.17, 15) is 19.6 Å². The number of carbonyl (C=O) groups excluding carboxylic acids is 2. The molecule has 0 aliphatic heterocycles. The van der Waals surface area contributed by atoms with Gasteiger partial charge in [-0.25, -0.2) is 14.3 Å². The Morgan fingerprint density at radius 3 is 2.66 bits per heavy atom. The zero-order chi connectivity index (χ0) is 26.6. The number of carbonyl (C=O) groups is 2. The average Bonchev–Trinajstić information content (AvgIpc) is 3.70. The Hall–Kier alpha value is -4.51. The molecule has 0 spiro atoms. The lowest BCUT2D eigenvalue weighted by molar-refractivity contribution is 0.0948. The molecule has 5 aromatic rings. The number of nitrogens with one attached hydrogen (secondary N) is 1. The minimum absolute atomic E-state index is 0.212. The summed E-state index contributed by atoms with van der Waals surface area (Å²) >= 11 is 8.44. The number of thiophene rings is 1. The molecule has 0 aliphatic carbocycles. The Morgan fingerprint density at radius 2 is 1.97 bits per heavy atom. The fourth-order valence-electron chi connectivity index (χ4n) is 3.56. The van der Waals surface area contributed by atoms with E-state index in [1.165, 1.54) is 53.2 Å². The summed E-state index contributed by atoms with van der Waals surface area (Å²) in [5.74, 6) is -0.452. The lowest BCUT2D eigenvalue weighted by atomic mass is 10.1. The maximum absolute atomic E-state index is 13.2. The van der Waals surface area contributed by atoms with Gasteiger partial charge < -0.3 is 9.88 Å². The van der Waals surface area contributed by atoms with Gasteiger partial charge >= 0.3 is 0 Å². The highest BCUT2D eigenvalue weighted by molar-refractivity contribution is 7.16. The van der Waals surface area contributed by atoms with E-state index in [0.717, 1.165) is 21.0 Å². The first-order chi connectivity index (χ1) is 18.4. The normalized spacial score (nSPS) is 10.7. The van der Waals surface area contributed by atoms with Crippen LogP contribution in [0.2, 0.25) is 4.34 Å². The first-order valence-electron chi connectivity index (χ1n) is 10.9. The van der Waals surface area contributed by atoms with Crippen molar-refractivity contribution in [3.05, 3.63) is 97.0 Å². The van der Waals surface area contributed by atoms with Crippen molar-refractivity contribution in [1.82, 2.24) is 28.7 Å². The summed E-state index contributed by atoms with van der Waals surface area (Å²) < 4.78 is 6.92. The molecule has 0 saturated carbocycles. The van der Waals surface area contributed by atoms with E-state index in [0.29, 0.717) is 21.6 Å². The van der Waals surface area contributed by atoms with Crippen LogP contribution in [0.3, 0.4) is 0 Å². The summed E-state index contributed by atoms with van der Waals surface area (Å²) in [6.07, 6.45) is 6.92. The number of Topliss-reactive ketones (excluding diaryl/α,β-unsaturated/α-hetero) is 1. The predicted octanol–water partition coefficient (Wildman–Crippen LogP) is 3.73. The van der Waals surface area contributed by atoms with Crippen LogP contribution in [0.4, 0.5) is 5.82 Å². The van der Waals surface area contributed by atoms with Gasteiger partial charge in [0, 0.05) is 41.3 Å². The van der Waals surface area contributed by atoms with Gasteiger partial charge in [-0.15, -0.1) is 11.3 Å². The smallest absolute Gasteiger partial charge is 0.291 e. The van der Waals surface area contributed by atoms with Gasteiger partial charge in [0.1, 0.15) is 28.7 Å². The summed E-state index contributed by atoms with van der Waals surface area (Å²) in [5, 5.41) is 17.4. The van der Waals surface area contributed by atoms with E-state index in [1.807, 2.05) is 12.1 Å². The molecule has 0 radical (unpaired) electrons. The molecule has 0 saturated heterocycles. The Labute approximate surface area is 227 Å². The number of rotatable bonds is 8. The summed E-state index contributed by atoms with van der Waals surface area (Å²) in [5.41, 5.74) is -0.178. The number of aromatic nitrogens is 6. The van der Waals surface area contributed by atoms with E-state index in [-0.39, 0.29) is 34.7 Å². The highest BCUT2D eigenvalue weighted by Gasteiger charge is 2.22. The summed E-state index contributed by atoms with van der Waals surface area (Å²) in [7, 11) is 0. The minimum Gasteiger partial charge on any atom is -0.365 e. The summed E-state index contributed by atoms with van der Waals surface area (Å²) in [4.78, 5) is 47.7. The number of ketones is 1. The van der Waals surface area contributed by atoms with Crippen LogP contribution >= 0.6 is 34.5 Å². The largest absolute Gasteiger partial charge is 0.365 e. The maximum atomic E-state index is 13.2. The number of nitriles is 1. The van der Waals surface area contributed by atoms with Gasteiger partial charge in [-0.3, -0.25) is 14.4 Å². The fourth-order valence-corrected chi connectivity index (χ4v) is 5.11. The van der Waals surface area contributed by atoms with Crippen molar-refractivity contribution in [2.75, 3.05) is 5.32 Å². The van der Waals surface area contributed by atoms with Gasteiger partial charge in [-0.05, 0) is 35.8 Å². The molecular weight excluding hydrogens is 548 g/mol. The lowest BCUT2D eigenvalue weighted by Gasteiger charge is -2.07. The molecule has 0 aromatic carbocycles. The number of hydrogen-bond acceptors (Lipinski definition) is 11. The van der Waals surface area contributed by atoms with Crippen molar-refractivity contribution in [1.29, 1.82) is 5.26 Å². The summed E-state index contributed by atoms with van der Waals surface area (Å²) in [6.45, 7) is 0.0756. The molecule has 0 fully saturated rings. The van der Waals surface area contributed by atoms with Gasteiger partial charge in [0.2, 0.25) is 0 Å². The van der Waals surface area contributed by atoms with Crippen LogP contribution in [0.25, 0.3) is 11.3 Å². The molecule has 1 N–H and O–H groups in total. The van der Waals surface area contributed by atoms with Crippen molar-refractivity contribution in [3.8, 4) is 17.3 Å². The Kier molecular flexibility index (Phi) is 7.18. The van der Waals surface area contributed by atoms with Crippen molar-refractivity contribution in [2.24, 2.45) is 0 Å². The van der Waals surface area contributed by atoms with Gasteiger partial charge in [0.15, 0.2) is 5.78 Å². The molecular formula is C24H15ClN8O3S2.